The van der Waals surface area contributed by atoms with Gasteiger partial charge < -0.3 is 21.1 Å². The third-order valence-electron chi connectivity index (χ3n) is 1.94. The molecular formula is C8H14N2O6. The fourth-order valence-electron chi connectivity index (χ4n) is 1.19. The van der Waals surface area contributed by atoms with Crippen LogP contribution < -0.4 is 5.73 Å². The average Bonchev–Trinajstić information content (AvgIpc) is 2.14. The molecule has 8 nitrogen and oxygen atoms in total. The molecule has 0 aliphatic heterocycles. The number of carboxylic acids is 1. The van der Waals surface area contributed by atoms with Gasteiger partial charge in [0.25, 0.3) is 0 Å². The Morgan fingerprint density at radius 3 is 1.88 bits per heavy atom. The number of aliphatic carboxylic acids is 1. The molecule has 0 saturated heterocycles. The maximum atomic E-state index is 10.7. The van der Waals surface area contributed by atoms with Crippen LogP contribution in [0.15, 0.2) is 0 Å². The summed E-state index contributed by atoms with van der Waals surface area (Å²) in [5.41, 5.74) is 5.19. The summed E-state index contributed by atoms with van der Waals surface area (Å²) in [7, 11) is 0. The third-order valence-corrected chi connectivity index (χ3v) is 1.94. The molecule has 0 aliphatic carbocycles. The molecular weight excluding hydrogens is 220 g/mol. The molecule has 0 spiro atoms. The van der Waals surface area contributed by atoms with Crippen LogP contribution in [-0.2, 0) is 4.79 Å². The quantitative estimate of drug-likeness (QED) is 0.482. The minimum Gasteiger partial charge on any atom is -0.480 e. The Morgan fingerprint density at radius 1 is 1.06 bits per heavy atom. The molecule has 16 heavy (non-hydrogen) atoms. The van der Waals surface area contributed by atoms with Gasteiger partial charge in [0.05, 0.1) is 0 Å². The number of rotatable bonds is 6. The van der Waals surface area contributed by atoms with Crippen LogP contribution in [0.4, 0.5) is 9.59 Å². The zero-order valence-corrected chi connectivity index (χ0v) is 8.50. The second-order valence-electron chi connectivity index (χ2n) is 3.07. The topological polar surface area (TPSA) is 141 Å². The minimum absolute atomic E-state index is 0.0782. The van der Waals surface area contributed by atoms with Crippen molar-refractivity contribution in [3.8, 4) is 0 Å². The number of amides is 2. The highest BCUT2D eigenvalue weighted by Crippen LogP contribution is 2.10. The van der Waals surface area contributed by atoms with E-state index in [1.165, 1.54) is 0 Å². The third kappa shape index (κ3) is 4.13. The summed E-state index contributed by atoms with van der Waals surface area (Å²) in [6.07, 6.45) is -2.81. The summed E-state index contributed by atoms with van der Waals surface area (Å²) in [6, 6.07) is -1.58. The van der Waals surface area contributed by atoms with Crippen LogP contribution in [0.2, 0.25) is 0 Å². The molecule has 0 fully saturated rings. The molecule has 5 N–H and O–H groups in total. The Labute approximate surface area is 91.3 Å². The maximum absolute atomic E-state index is 10.7. The smallest absolute Gasteiger partial charge is 0.417 e. The molecule has 0 aromatic rings. The van der Waals surface area contributed by atoms with E-state index in [2.05, 4.69) is 0 Å². The van der Waals surface area contributed by atoms with Crippen LogP contribution in [0.5, 0.6) is 0 Å². The van der Waals surface area contributed by atoms with Gasteiger partial charge in [-0.1, -0.05) is 0 Å². The summed E-state index contributed by atoms with van der Waals surface area (Å²) in [5, 5.41) is 25.9. The van der Waals surface area contributed by atoms with E-state index in [1.54, 1.807) is 0 Å². The van der Waals surface area contributed by atoms with E-state index < -0.39 is 24.2 Å². The number of nitrogens with two attached hydrogens (primary N) is 1. The van der Waals surface area contributed by atoms with Gasteiger partial charge in [0.1, 0.15) is 6.04 Å². The van der Waals surface area contributed by atoms with Crippen molar-refractivity contribution >= 4 is 18.2 Å². The van der Waals surface area contributed by atoms with Crippen LogP contribution in [-0.4, -0.2) is 51.0 Å². The fraction of sp³-hybridized carbons (Fsp3) is 0.625. The van der Waals surface area contributed by atoms with Gasteiger partial charge >= 0.3 is 18.2 Å². The summed E-state index contributed by atoms with van der Waals surface area (Å²) in [6.45, 7) is 0.340. The highest BCUT2D eigenvalue weighted by molar-refractivity contribution is 5.91. The number of nitrogens with zero attached hydrogens (tertiary/aromatic N) is 1. The van der Waals surface area contributed by atoms with Crippen molar-refractivity contribution in [2.45, 2.75) is 25.3 Å². The molecule has 8 heteroatoms. The molecule has 92 valence electrons. The number of hydrogen-bond acceptors (Lipinski definition) is 4. The van der Waals surface area contributed by atoms with Crippen LogP contribution in [0.3, 0.4) is 0 Å². The van der Waals surface area contributed by atoms with Crippen LogP contribution in [0, 0.1) is 0 Å². The lowest BCUT2D eigenvalue weighted by atomic mass is 10.1. The summed E-state index contributed by atoms with van der Waals surface area (Å²) in [5.74, 6) is -1.48. The molecule has 0 aromatic carbocycles. The minimum atomic E-state index is -1.80. The van der Waals surface area contributed by atoms with Crippen molar-refractivity contribution in [2.75, 3.05) is 6.54 Å². The van der Waals surface area contributed by atoms with Gasteiger partial charge in [-0.15, -0.1) is 0 Å². The highest BCUT2D eigenvalue weighted by atomic mass is 16.4. The van der Waals surface area contributed by atoms with Gasteiger partial charge in [-0.2, -0.15) is 4.90 Å². The van der Waals surface area contributed by atoms with Gasteiger partial charge in [-0.3, -0.25) is 0 Å². The fourth-order valence-corrected chi connectivity index (χ4v) is 1.19. The summed E-state index contributed by atoms with van der Waals surface area (Å²) < 4.78 is 0. The lowest BCUT2D eigenvalue weighted by Gasteiger charge is -2.21. The normalized spacial score (nSPS) is 11.8. The Bertz CT molecular complexity index is 266. The van der Waals surface area contributed by atoms with E-state index in [0.29, 0.717) is 19.4 Å². The van der Waals surface area contributed by atoms with Gasteiger partial charge in [-0.25, -0.2) is 14.4 Å². The van der Waals surface area contributed by atoms with Gasteiger partial charge in [-0.05, 0) is 25.8 Å². The zero-order chi connectivity index (χ0) is 12.7. The highest BCUT2D eigenvalue weighted by Gasteiger charge is 2.34. The molecule has 0 saturated carbocycles. The molecule has 0 bridgehead atoms. The molecule has 0 aromatic heterocycles. The van der Waals surface area contributed by atoms with E-state index in [9.17, 15) is 14.4 Å². The largest absolute Gasteiger partial charge is 0.480 e. The number of hydrogen-bond donors (Lipinski definition) is 4. The number of imide groups is 1. The first-order chi connectivity index (χ1) is 7.41. The second kappa shape index (κ2) is 6.62. The second-order valence-corrected chi connectivity index (χ2v) is 3.07. The van der Waals surface area contributed by atoms with E-state index in [1.807, 2.05) is 0 Å². The zero-order valence-electron chi connectivity index (χ0n) is 8.50. The molecule has 0 aliphatic rings. The SMILES string of the molecule is NCCCC[C@@H](C(=O)O)N(C(=O)O)C(=O)O. The van der Waals surface area contributed by atoms with Gasteiger partial charge in [0, 0.05) is 0 Å². The van der Waals surface area contributed by atoms with Crippen molar-refractivity contribution < 1.29 is 29.7 Å². The maximum Gasteiger partial charge on any atom is 0.417 e. The number of carboxylic acid groups (broad SMARTS) is 3. The molecule has 0 rings (SSSR count). The van der Waals surface area contributed by atoms with Crippen molar-refractivity contribution in [2.24, 2.45) is 5.73 Å². The predicted molar refractivity (Wildman–Crippen MR) is 52.2 cm³/mol. The predicted octanol–water partition coefficient (Wildman–Crippen LogP) is 0.227. The van der Waals surface area contributed by atoms with Crippen molar-refractivity contribution in [1.82, 2.24) is 4.90 Å². The van der Waals surface area contributed by atoms with E-state index in [-0.39, 0.29) is 11.3 Å². The first-order valence-corrected chi connectivity index (χ1v) is 4.59. The van der Waals surface area contributed by atoms with Crippen LogP contribution in [0.1, 0.15) is 19.3 Å². The van der Waals surface area contributed by atoms with Crippen molar-refractivity contribution in [3.05, 3.63) is 0 Å². The van der Waals surface area contributed by atoms with Gasteiger partial charge in [0.15, 0.2) is 0 Å². The standard InChI is InChI=1S/C8H14N2O6/c9-4-2-1-3-5(6(11)12)10(7(13)14)8(15)16/h5H,1-4,9H2,(H,11,12)(H,13,14)(H,15,16)/t5-/m0/s1. The summed E-state index contributed by atoms with van der Waals surface area (Å²) in [4.78, 5) is 31.8. The molecule has 0 radical (unpaired) electrons. The molecule has 0 unspecified atom stereocenters. The Balaban J connectivity index is 4.66. The van der Waals surface area contributed by atoms with Gasteiger partial charge in [0.2, 0.25) is 0 Å². The number of unbranched alkanes of at least 4 members (excludes halogenated alkanes) is 1. The van der Waals surface area contributed by atoms with E-state index >= 15 is 0 Å². The average molecular weight is 234 g/mol. The molecule has 2 amide bonds. The van der Waals surface area contributed by atoms with E-state index in [4.69, 9.17) is 21.1 Å². The Hall–Kier alpha value is -1.83. The molecule has 1 atom stereocenters. The first-order valence-electron chi connectivity index (χ1n) is 4.59. The van der Waals surface area contributed by atoms with Crippen molar-refractivity contribution in [1.29, 1.82) is 0 Å². The first kappa shape index (κ1) is 14.2. The Kier molecular flexibility index (Phi) is 5.86. The van der Waals surface area contributed by atoms with Crippen LogP contribution in [0.25, 0.3) is 0 Å². The van der Waals surface area contributed by atoms with E-state index in [0.717, 1.165) is 0 Å². The Morgan fingerprint density at radius 2 is 1.56 bits per heavy atom. The van der Waals surface area contributed by atoms with Crippen molar-refractivity contribution in [3.63, 3.8) is 0 Å². The lowest BCUT2D eigenvalue weighted by Crippen LogP contribution is -2.47. The summed E-state index contributed by atoms with van der Waals surface area (Å²) >= 11 is 0. The van der Waals surface area contributed by atoms with Crippen LogP contribution >= 0.6 is 0 Å². The lowest BCUT2D eigenvalue weighted by molar-refractivity contribution is -0.142. The monoisotopic (exact) mass is 234 g/mol. The number of carbonyl (C=O) groups is 3. The molecule has 0 heterocycles.